The molecule has 1 aromatic rings. The number of halogens is 2. The Labute approximate surface area is 133 Å². The molecule has 2 nitrogen and oxygen atoms in total. The maximum Gasteiger partial charge on any atom is 0.255 e. The lowest BCUT2D eigenvalue weighted by Gasteiger charge is -2.30. The number of carbonyl (C=O) groups is 1. The summed E-state index contributed by atoms with van der Waals surface area (Å²) in [6, 6.07) is 5.07. The second kappa shape index (κ2) is 6.47. The van der Waals surface area contributed by atoms with Gasteiger partial charge in [0.1, 0.15) is 5.82 Å². The molecule has 0 aliphatic heterocycles. The molecule has 0 heterocycles. The maximum atomic E-state index is 13.7. The molecule has 0 radical (unpaired) electrons. The van der Waals surface area contributed by atoms with Crippen molar-refractivity contribution in [2.45, 2.75) is 51.0 Å². The fourth-order valence-corrected chi connectivity index (χ4v) is 3.69. The molecule has 2 aliphatic carbocycles. The number of amides is 1. The summed E-state index contributed by atoms with van der Waals surface area (Å²) in [5, 5.41) is 0. The van der Waals surface area contributed by atoms with Crippen LogP contribution in [0.2, 0.25) is 0 Å². The molecule has 1 amide bonds. The van der Waals surface area contributed by atoms with E-state index in [1.807, 2.05) is 4.90 Å². The van der Waals surface area contributed by atoms with Gasteiger partial charge in [0, 0.05) is 12.6 Å². The summed E-state index contributed by atoms with van der Waals surface area (Å²) in [6.07, 6.45) is 8.50. The topological polar surface area (TPSA) is 20.3 Å². The molecular formula is C17H21BrFNO. The highest BCUT2D eigenvalue weighted by Gasteiger charge is 2.35. The summed E-state index contributed by atoms with van der Waals surface area (Å²) in [7, 11) is 0. The Hall–Kier alpha value is -0.900. The van der Waals surface area contributed by atoms with E-state index in [1.54, 1.807) is 12.1 Å². The first-order chi connectivity index (χ1) is 10.2. The number of hydrogen-bond acceptors (Lipinski definition) is 1. The van der Waals surface area contributed by atoms with Gasteiger partial charge in [0.05, 0.1) is 10.0 Å². The molecular weight excluding hydrogens is 333 g/mol. The number of rotatable bonds is 4. The van der Waals surface area contributed by atoms with E-state index in [4.69, 9.17) is 0 Å². The van der Waals surface area contributed by atoms with E-state index in [9.17, 15) is 9.18 Å². The third kappa shape index (κ3) is 3.47. The molecule has 0 aromatic heterocycles. The van der Waals surface area contributed by atoms with Crippen molar-refractivity contribution in [3.63, 3.8) is 0 Å². The van der Waals surface area contributed by atoms with Crippen LogP contribution in [0.15, 0.2) is 22.7 Å². The summed E-state index contributed by atoms with van der Waals surface area (Å²) < 4.78 is 14.0. The lowest BCUT2D eigenvalue weighted by molar-refractivity contribution is 0.0697. The van der Waals surface area contributed by atoms with Crippen LogP contribution in [0, 0.1) is 11.7 Å². The zero-order valence-electron chi connectivity index (χ0n) is 12.2. The van der Waals surface area contributed by atoms with Crippen molar-refractivity contribution in [1.82, 2.24) is 4.90 Å². The molecule has 0 atom stereocenters. The van der Waals surface area contributed by atoms with Gasteiger partial charge in [-0.1, -0.05) is 25.3 Å². The van der Waals surface area contributed by atoms with Gasteiger partial charge >= 0.3 is 0 Å². The van der Waals surface area contributed by atoms with Gasteiger partial charge in [-0.15, -0.1) is 0 Å². The summed E-state index contributed by atoms with van der Waals surface area (Å²) >= 11 is 3.22. The van der Waals surface area contributed by atoms with E-state index in [-0.39, 0.29) is 11.7 Å². The molecule has 114 valence electrons. The minimum absolute atomic E-state index is 0.0190. The highest BCUT2D eigenvalue weighted by atomic mass is 79.9. The van der Waals surface area contributed by atoms with Crippen LogP contribution in [0.5, 0.6) is 0 Å². The molecule has 4 heteroatoms. The second-order valence-electron chi connectivity index (χ2n) is 6.29. The standard InChI is InChI=1S/C17H21BrFNO/c18-16-14(7-4-8-15(16)19)17(21)20(13-9-10-13)11-12-5-2-1-3-6-12/h4,7-8,12-13H,1-3,5-6,9-11H2. The van der Waals surface area contributed by atoms with Crippen LogP contribution in [0.3, 0.4) is 0 Å². The minimum atomic E-state index is -0.366. The molecule has 0 unspecified atom stereocenters. The first-order valence-electron chi connectivity index (χ1n) is 7.92. The minimum Gasteiger partial charge on any atom is -0.335 e. The van der Waals surface area contributed by atoms with E-state index in [1.165, 1.54) is 38.2 Å². The smallest absolute Gasteiger partial charge is 0.255 e. The lowest BCUT2D eigenvalue weighted by Crippen LogP contribution is -2.38. The predicted octanol–water partition coefficient (Wildman–Crippen LogP) is 4.77. The molecule has 1 aromatic carbocycles. The Morgan fingerprint density at radius 2 is 1.90 bits per heavy atom. The first-order valence-corrected chi connectivity index (χ1v) is 8.71. The van der Waals surface area contributed by atoms with Crippen LogP contribution < -0.4 is 0 Å². The van der Waals surface area contributed by atoms with Gasteiger partial charge < -0.3 is 4.90 Å². The first kappa shape index (κ1) is 15.0. The Morgan fingerprint density at radius 1 is 1.19 bits per heavy atom. The van der Waals surface area contributed by atoms with Crippen LogP contribution in [0.1, 0.15) is 55.3 Å². The van der Waals surface area contributed by atoms with Crippen molar-refractivity contribution in [1.29, 1.82) is 0 Å². The average Bonchev–Trinajstić information content (AvgIpc) is 3.33. The van der Waals surface area contributed by atoms with Gasteiger partial charge in [-0.2, -0.15) is 0 Å². The van der Waals surface area contributed by atoms with E-state index < -0.39 is 0 Å². The van der Waals surface area contributed by atoms with Crippen LogP contribution >= 0.6 is 15.9 Å². The Bertz CT molecular complexity index is 524. The molecule has 3 rings (SSSR count). The Kier molecular flexibility index (Phi) is 4.63. The number of hydrogen-bond donors (Lipinski definition) is 0. The summed E-state index contributed by atoms with van der Waals surface area (Å²) in [4.78, 5) is 14.8. The highest BCUT2D eigenvalue weighted by Crippen LogP contribution is 2.33. The number of carbonyl (C=O) groups excluding carboxylic acids is 1. The van der Waals surface area contributed by atoms with Crippen LogP contribution in [-0.2, 0) is 0 Å². The van der Waals surface area contributed by atoms with Crippen molar-refractivity contribution in [2.75, 3.05) is 6.54 Å². The third-order valence-corrected chi connectivity index (χ3v) is 5.42. The quantitative estimate of drug-likeness (QED) is 0.763. The van der Waals surface area contributed by atoms with Crippen LogP contribution in [-0.4, -0.2) is 23.4 Å². The fraction of sp³-hybridized carbons (Fsp3) is 0.588. The Balaban J connectivity index is 1.76. The van der Waals surface area contributed by atoms with Crippen molar-refractivity contribution < 1.29 is 9.18 Å². The second-order valence-corrected chi connectivity index (χ2v) is 7.09. The van der Waals surface area contributed by atoms with Crippen LogP contribution in [0.4, 0.5) is 4.39 Å². The van der Waals surface area contributed by atoms with Crippen molar-refractivity contribution in [3.05, 3.63) is 34.1 Å². The summed E-state index contributed by atoms with van der Waals surface area (Å²) in [6.45, 7) is 0.840. The zero-order chi connectivity index (χ0) is 14.8. The van der Waals surface area contributed by atoms with Crippen molar-refractivity contribution >= 4 is 21.8 Å². The lowest BCUT2D eigenvalue weighted by atomic mass is 9.89. The zero-order valence-corrected chi connectivity index (χ0v) is 13.7. The normalized spacial score (nSPS) is 19.5. The van der Waals surface area contributed by atoms with E-state index in [2.05, 4.69) is 15.9 Å². The Morgan fingerprint density at radius 3 is 2.57 bits per heavy atom. The van der Waals surface area contributed by atoms with Crippen molar-refractivity contribution in [3.8, 4) is 0 Å². The number of benzene rings is 1. The molecule has 2 aliphatic rings. The van der Waals surface area contributed by atoms with Gasteiger partial charge in [0.25, 0.3) is 5.91 Å². The fourth-order valence-electron chi connectivity index (χ4n) is 3.26. The molecule has 21 heavy (non-hydrogen) atoms. The molecule has 0 saturated heterocycles. The maximum absolute atomic E-state index is 13.7. The van der Waals surface area contributed by atoms with Gasteiger partial charge in [0.15, 0.2) is 0 Å². The largest absolute Gasteiger partial charge is 0.335 e. The molecule has 0 spiro atoms. The molecule has 2 saturated carbocycles. The van der Waals surface area contributed by atoms with Gasteiger partial charge in [0.2, 0.25) is 0 Å². The molecule has 2 fully saturated rings. The predicted molar refractivity (Wildman–Crippen MR) is 84.7 cm³/mol. The van der Waals surface area contributed by atoms with Gasteiger partial charge in [-0.25, -0.2) is 4.39 Å². The summed E-state index contributed by atoms with van der Waals surface area (Å²) in [5.74, 6) is 0.236. The monoisotopic (exact) mass is 353 g/mol. The number of nitrogens with zero attached hydrogens (tertiary/aromatic N) is 1. The summed E-state index contributed by atoms with van der Waals surface area (Å²) in [5.41, 5.74) is 0.456. The van der Waals surface area contributed by atoms with E-state index >= 15 is 0 Å². The van der Waals surface area contributed by atoms with Crippen molar-refractivity contribution in [2.24, 2.45) is 5.92 Å². The van der Waals surface area contributed by atoms with Gasteiger partial charge in [-0.05, 0) is 59.7 Å². The third-order valence-electron chi connectivity index (χ3n) is 4.61. The molecule has 0 N–H and O–H groups in total. The average molecular weight is 354 g/mol. The van der Waals surface area contributed by atoms with Gasteiger partial charge in [-0.3, -0.25) is 4.79 Å². The highest BCUT2D eigenvalue weighted by molar-refractivity contribution is 9.10. The SMILES string of the molecule is O=C(c1cccc(F)c1Br)N(CC1CCCCC1)C1CC1. The molecule has 0 bridgehead atoms. The van der Waals surface area contributed by atoms with E-state index in [0.29, 0.717) is 22.0 Å². The van der Waals surface area contributed by atoms with Crippen LogP contribution in [0.25, 0.3) is 0 Å². The van der Waals surface area contributed by atoms with E-state index in [0.717, 1.165) is 19.4 Å².